The van der Waals surface area contributed by atoms with Crippen LogP contribution < -0.4 is 4.74 Å². The van der Waals surface area contributed by atoms with Gasteiger partial charge in [0.05, 0.1) is 18.1 Å². The first-order valence-electron chi connectivity index (χ1n) is 11.8. The molecule has 1 N–H and O–H groups in total. The molecule has 4 rings (SSSR count). The van der Waals surface area contributed by atoms with E-state index in [1.54, 1.807) is 24.3 Å². The Morgan fingerprint density at radius 2 is 1.84 bits per heavy atom. The second kappa shape index (κ2) is 12.6. The molecule has 0 bridgehead atoms. The van der Waals surface area contributed by atoms with E-state index in [0.29, 0.717) is 58.0 Å². The predicted octanol–water partition coefficient (Wildman–Crippen LogP) is 4.41. The van der Waals surface area contributed by atoms with E-state index in [-0.39, 0.29) is 25.3 Å². The fourth-order valence-corrected chi connectivity index (χ4v) is 5.32. The van der Waals surface area contributed by atoms with E-state index < -0.39 is 17.6 Å². The second-order valence-corrected chi connectivity index (χ2v) is 10.2. The monoisotopic (exact) mass is 548 g/mol. The highest BCUT2D eigenvalue weighted by Crippen LogP contribution is 2.36. The van der Waals surface area contributed by atoms with Crippen LogP contribution in [0, 0.1) is 11.6 Å². The van der Waals surface area contributed by atoms with Crippen LogP contribution in [0.4, 0.5) is 8.78 Å². The third-order valence-electron chi connectivity index (χ3n) is 5.91. The van der Waals surface area contributed by atoms with Gasteiger partial charge in [-0.3, -0.25) is 19.4 Å². The summed E-state index contributed by atoms with van der Waals surface area (Å²) < 4.78 is 39.5. The molecule has 11 heteroatoms. The van der Waals surface area contributed by atoms with Crippen molar-refractivity contribution < 1.29 is 33.0 Å². The van der Waals surface area contributed by atoms with E-state index in [0.717, 1.165) is 30.9 Å². The standard InChI is InChI=1S/C26H26F2N2O5S2/c27-20-13-18(14-21(28)16-20)17-3-4-22(35-11-8-29-6-9-34-10-7-29)19(12-17)15-23-25(33)30(26(36)37-23)5-1-2-24(31)32/h3-4,12-16H,1-2,5-11H2,(H,31,32). The number of benzene rings is 2. The van der Waals surface area contributed by atoms with Crippen molar-refractivity contribution in [2.24, 2.45) is 0 Å². The van der Waals surface area contributed by atoms with Crippen molar-refractivity contribution in [3.8, 4) is 16.9 Å². The number of nitrogens with zero attached hydrogens (tertiary/aromatic N) is 2. The molecule has 0 aromatic heterocycles. The van der Waals surface area contributed by atoms with Crippen LogP contribution in [0.3, 0.4) is 0 Å². The molecular weight excluding hydrogens is 522 g/mol. The maximum absolute atomic E-state index is 13.9. The SMILES string of the molecule is O=C(O)CCCN1C(=O)C(=Cc2cc(-c3cc(F)cc(F)c3)ccc2OCCN2CCOCC2)SC1=S. The van der Waals surface area contributed by atoms with Gasteiger partial charge in [-0.05, 0) is 47.9 Å². The second-order valence-electron chi connectivity index (χ2n) is 8.54. The van der Waals surface area contributed by atoms with Crippen LogP contribution in [-0.2, 0) is 14.3 Å². The van der Waals surface area contributed by atoms with Gasteiger partial charge in [-0.2, -0.15) is 0 Å². The molecule has 0 radical (unpaired) electrons. The summed E-state index contributed by atoms with van der Waals surface area (Å²) in [4.78, 5) is 27.8. The fraction of sp³-hybridized carbons (Fsp3) is 0.346. The number of carboxylic acids is 1. The quantitative estimate of drug-likeness (QED) is 0.346. The highest BCUT2D eigenvalue weighted by atomic mass is 32.2. The van der Waals surface area contributed by atoms with Crippen LogP contribution in [0.2, 0.25) is 0 Å². The molecule has 2 aromatic carbocycles. The maximum atomic E-state index is 13.9. The molecule has 2 aliphatic heterocycles. The largest absolute Gasteiger partial charge is 0.492 e. The van der Waals surface area contributed by atoms with E-state index in [1.807, 2.05) is 0 Å². The molecule has 2 fully saturated rings. The lowest BCUT2D eigenvalue weighted by Crippen LogP contribution is -2.38. The van der Waals surface area contributed by atoms with Crippen LogP contribution in [-0.4, -0.2) is 77.1 Å². The van der Waals surface area contributed by atoms with Gasteiger partial charge in [-0.25, -0.2) is 8.78 Å². The average molecular weight is 549 g/mol. The van der Waals surface area contributed by atoms with Crippen molar-refractivity contribution in [3.63, 3.8) is 0 Å². The number of halogens is 2. The molecule has 2 saturated heterocycles. The van der Waals surface area contributed by atoms with Gasteiger partial charge >= 0.3 is 5.97 Å². The first kappa shape index (κ1) is 27.2. The number of morpholine rings is 1. The summed E-state index contributed by atoms with van der Waals surface area (Å²) in [7, 11) is 0. The highest BCUT2D eigenvalue weighted by molar-refractivity contribution is 8.26. The Labute approximate surface area is 223 Å². The lowest BCUT2D eigenvalue weighted by molar-refractivity contribution is -0.137. The van der Waals surface area contributed by atoms with Crippen molar-refractivity contribution in [1.82, 2.24) is 9.80 Å². The molecule has 0 aliphatic carbocycles. The van der Waals surface area contributed by atoms with E-state index in [9.17, 15) is 18.4 Å². The third kappa shape index (κ3) is 7.35. The molecule has 0 unspecified atom stereocenters. The molecule has 2 heterocycles. The summed E-state index contributed by atoms with van der Waals surface area (Å²) in [5, 5.41) is 8.88. The van der Waals surface area contributed by atoms with Gasteiger partial charge < -0.3 is 14.6 Å². The smallest absolute Gasteiger partial charge is 0.303 e. The molecule has 0 saturated carbocycles. The molecule has 7 nitrogen and oxygen atoms in total. The summed E-state index contributed by atoms with van der Waals surface area (Å²) >= 11 is 6.47. The summed E-state index contributed by atoms with van der Waals surface area (Å²) in [6.45, 7) is 4.32. The van der Waals surface area contributed by atoms with Crippen molar-refractivity contribution in [2.75, 3.05) is 46.0 Å². The van der Waals surface area contributed by atoms with E-state index in [4.69, 9.17) is 26.8 Å². The van der Waals surface area contributed by atoms with Crippen molar-refractivity contribution >= 4 is 46.3 Å². The summed E-state index contributed by atoms with van der Waals surface area (Å²) in [6.07, 6.45) is 1.87. The number of thiocarbonyl (C=S) groups is 1. The Morgan fingerprint density at radius 3 is 2.54 bits per heavy atom. The number of carbonyl (C=O) groups excluding carboxylic acids is 1. The van der Waals surface area contributed by atoms with Crippen LogP contribution >= 0.6 is 24.0 Å². The van der Waals surface area contributed by atoms with Crippen LogP contribution in [0.25, 0.3) is 17.2 Å². The summed E-state index contributed by atoms with van der Waals surface area (Å²) in [6, 6.07) is 8.44. The van der Waals surface area contributed by atoms with Gasteiger partial charge in [0.15, 0.2) is 0 Å². The fourth-order valence-electron chi connectivity index (χ4n) is 4.02. The zero-order valence-electron chi connectivity index (χ0n) is 20.0. The molecule has 0 atom stereocenters. The molecule has 2 aliphatic rings. The first-order valence-corrected chi connectivity index (χ1v) is 13.0. The zero-order chi connectivity index (χ0) is 26.4. The number of aliphatic carboxylic acids is 1. The van der Waals surface area contributed by atoms with Gasteiger partial charge in [0.1, 0.15) is 28.3 Å². The number of carboxylic acid groups (broad SMARTS) is 1. The number of ether oxygens (including phenoxy) is 2. The number of rotatable bonds is 10. The van der Waals surface area contributed by atoms with Crippen molar-refractivity contribution in [3.05, 3.63) is 58.5 Å². The molecule has 0 spiro atoms. The zero-order valence-corrected chi connectivity index (χ0v) is 21.6. The van der Waals surface area contributed by atoms with Crippen LogP contribution in [0.1, 0.15) is 18.4 Å². The van der Waals surface area contributed by atoms with Crippen molar-refractivity contribution in [2.45, 2.75) is 12.8 Å². The number of hydrogen-bond donors (Lipinski definition) is 1. The van der Waals surface area contributed by atoms with Gasteiger partial charge in [-0.1, -0.05) is 30.0 Å². The lowest BCUT2D eigenvalue weighted by Gasteiger charge is -2.26. The number of amides is 1. The van der Waals surface area contributed by atoms with Crippen LogP contribution in [0.15, 0.2) is 41.3 Å². The summed E-state index contributed by atoms with van der Waals surface area (Å²) in [5.74, 6) is -2.12. The van der Waals surface area contributed by atoms with Gasteiger partial charge in [0, 0.05) is 44.2 Å². The Balaban J connectivity index is 1.58. The number of hydrogen-bond acceptors (Lipinski definition) is 7. The first-order chi connectivity index (χ1) is 17.8. The van der Waals surface area contributed by atoms with E-state index >= 15 is 0 Å². The normalized spacial score (nSPS) is 17.6. The maximum Gasteiger partial charge on any atom is 0.303 e. The molecule has 1 amide bonds. The number of thioether (sulfide) groups is 1. The van der Waals surface area contributed by atoms with Gasteiger partial charge in [-0.15, -0.1) is 0 Å². The Morgan fingerprint density at radius 1 is 1.11 bits per heavy atom. The average Bonchev–Trinajstić information content (AvgIpc) is 3.12. The molecule has 2 aromatic rings. The summed E-state index contributed by atoms with van der Waals surface area (Å²) in [5.41, 5.74) is 1.48. The minimum absolute atomic E-state index is 0.0660. The van der Waals surface area contributed by atoms with Crippen LogP contribution in [0.5, 0.6) is 5.75 Å². The topological polar surface area (TPSA) is 79.3 Å². The highest BCUT2D eigenvalue weighted by Gasteiger charge is 2.32. The third-order valence-corrected chi connectivity index (χ3v) is 7.28. The predicted molar refractivity (Wildman–Crippen MR) is 141 cm³/mol. The molecule has 37 heavy (non-hydrogen) atoms. The lowest BCUT2D eigenvalue weighted by atomic mass is 10.0. The Kier molecular flexibility index (Phi) is 9.25. The minimum atomic E-state index is -0.939. The Bertz CT molecular complexity index is 1200. The van der Waals surface area contributed by atoms with Crippen molar-refractivity contribution in [1.29, 1.82) is 0 Å². The molecule has 196 valence electrons. The molecular formula is C26H26F2N2O5S2. The van der Waals surface area contributed by atoms with Gasteiger partial charge in [0.2, 0.25) is 0 Å². The Hall–Kier alpha value is -2.86. The van der Waals surface area contributed by atoms with Gasteiger partial charge in [0.25, 0.3) is 5.91 Å². The number of carbonyl (C=O) groups is 2. The van der Waals surface area contributed by atoms with E-state index in [2.05, 4.69) is 4.90 Å². The minimum Gasteiger partial charge on any atom is -0.492 e. The van der Waals surface area contributed by atoms with E-state index in [1.165, 1.54) is 17.0 Å².